The highest BCUT2D eigenvalue weighted by molar-refractivity contribution is 7.89. The van der Waals surface area contributed by atoms with E-state index in [2.05, 4.69) is 15.5 Å². The first-order chi connectivity index (χ1) is 15.9. The summed E-state index contributed by atoms with van der Waals surface area (Å²) in [6, 6.07) is 12.1. The maximum atomic E-state index is 13.6. The van der Waals surface area contributed by atoms with Crippen molar-refractivity contribution >= 4 is 27.5 Å². The minimum absolute atomic E-state index is 0.0114. The van der Waals surface area contributed by atoms with E-state index in [1.54, 1.807) is 24.3 Å². The molecule has 4 rings (SSSR count). The Morgan fingerprint density at radius 3 is 2.52 bits per heavy atom. The van der Waals surface area contributed by atoms with Crippen molar-refractivity contribution in [1.82, 2.24) is 19.8 Å². The summed E-state index contributed by atoms with van der Waals surface area (Å²) in [4.78, 5) is 16.9. The van der Waals surface area contributed by atoms with Gasteiger partial charge in [0.2, 0.25) is 21.8 Å². The van der Waals surface area contributed by atoms with E-state index in [9.17, 15) is 13.2 Å². The van der Waals surface area contributed by atoms with Gasteiger partial charge in [0.15, 0.2) is 0 Å². The van der Waals surface area contributed by atoms with Crippen LogP contribution in [-0.2, 0) is 28.0 Å². The van der Waals surface area contributed by atoms with Crippen molar-refractivity contribution < 1.29 is 22.8 Å². The van der Waals surface area contributed by atoms with Crippen LogP contribution in [0.3, 0.4) is 0 Å². The highest BCUT2D eigenvalue weighted by Gasteiger charge is 2.36. The molecule has 1 aromatic heterocycles. The zero-order valence-corrected chi connectivity index (χ0v) is 19.2. The molecular formula is C22H23ClN4O5S. The molecule has 1 amide bonds. The number of aliphatic hydroxyl groups excluding tert-OH is 1. The molecule has 11 heteroatoms. The minimum atomic E-state index is -3.98. The van der Waals surface area contributed by atoms with E-state index in [1.165, 1.54) is 28.6 Å². The molecule has 2 N–H and O–H groups in total. The molecule has 2 aromatic carbocycles. The first-order valence-corrected chi connectivity index (χ1v) is 12.3. The van der Waals surface area contributed by atoms with E-state index in [0.717, 1.165) is 12.8 Å². The fourth-order valence-corrected chi connectivity index (χ4v) is 5.41. The highest BCUT2D eigenvalue weighted by Crippen LogP contribution is 2.26. The molecule has 2 heterocycles. The standard InChI is InChI=1S/C22H23ClN4O5S/c23-17-8-10-18(11-9-17)33(30,31)27(19-3-1-2-12-24-22(19)29)13-15-4-6-16(7-5-15)21-25-20(14-28)32-26-21/h4-11,19,28H,1-3,12-14H2,(H,24,29). The SMILES string of the molecule is O=C1NCCCCC1N(Cc1ccc(-c2noc(CO)n2)cc1)S(=O)(=O)c1ccc(Cl)cc1. The van der Waals surface area contributed by atoms with Crippen molar-refractivity contribution in [2.24, 2.45) is 0 Å². The van der Waals surface area contributed by atoms with Gasteiger partial charge in [-0.2, -0.15) is 9.29 Å². The maximum Gasteiger partial charge on any atom is 0.252 e. The smallest absolute Gasteiger partial charge is 0.252 e. The normalized spacial score (nSPS) is 17.1. The third-order valence-corrected chi connectivity index (χ3v) is 7.55. The highest BCUT2D eigenvalue weighted by atomic mass is 35.5. The molecule has 1 atom stereocenters. The van der Waals surface area contributed by atoms with Crippen LogP contribution >= 0.6 is 11.6 Å². The fourth-order valence-electron chi connectivity index (χ4n) is 3.68. The molecule has 0 radical (unpaired) electrons. The zero-order chi connectivity index (χ0) is 23.4. The van der Waals surface area contributed by atoms with Crippen LogP contribution in [0.2, 0.25) is 5.02 Å². The Morgan fingerprint density at radius 1 is 1.12 bits per heavy atom. The Morgan fingerprint density at radius 2 is 1.85 bits per heavy atom. The second kappa shape index (κ2) is 10.0. The number of rotatable bonds is 7. The number of hydrogen-bond acceptors (Lipinski definition) is 7. The number of aliphatic hydroxyl groups is 1. The Balaban J connectivity index is 1.66. The van der Waals surface area contributed by atoms with Gasteiger partial charge in [0.25, 0.3) is 5.89 Å². The lowest BCUT2D eigenvalue weighted by atomic mass is 10.1. The Bertz CT molecular complexity index is 1210. The summed E-state index contributed by atoms with van der Waals surface area (Å²) >= 11 is 5.94. The number of carbonyl (C=O) groups excluding carboxylic acids is 1. The van der Waals surface area contributed by atoms with Crippen LogP contribution in [0.15, 0.2) is 57.9 Å². The second-order valence-corrected chi connectivity index (χ2v) is 10.0. The van der Waals surface area contributed by atoms with Gasteiger partial charge in [0.1, 0.15) is 12.6 Å². The van der Waals surface area contributed by atoms with Gasteiger partial charge in [-0.15, -0.1) is 0 Å². The molecule has 1 saturated heterocycles. The molecule has 3 aromatic rings. The van der Waals surface area contributed by atoms with Gasteiger partial charge in [-0.05, 0) is 49.1 Å². The van der Waals surface area contributed by atoms with E-state index in [0.29, 0.717) is 34.9 Å². The summed E-state index contributed by atoms with van der Waals surface area (Å²) < 4.78 is 33.3. The number of nitrogens with one attached hydrogen (secondary N) is 1. The number of benzene rings is 2. The van der Waals surface area contributed by atoms with Crippen molar-refractivity contribution in [3.05, 3.63) is 65.0 Å². The van der Waals surface area contributed by atoms with E-state index < -0.39 is 16.1 Å². The summed E-state index contributed by atoms with van der Waals surface area (Å²) in [5.41, 5.74) is 1.35. The average Bonchev–Trinajstić information content (AvgIpc) is 3.20. The van der Waals surface area contributed by atoms with Crippen LogP contribution in [0, 0.1) is 0 Å². The van der Waals surface area contributed by atoms with Crippen LogP contribution in [0.4, 0.5) is 0 Å². The van der Waals surface area contributed by atoms with E-state index >= 15 is 0 Å². The summed E-state index contributed by atoms with van der Waals surface area (Å²) in [5, 5.41) is 16.1. The summed E-state index contributed by atoms with van der Waals surface area (Å²) in [7, 11) is -3.98. The number of halogens is 1. The third-order valence-electron chi connectivity index (χ3n) is 5.43. The first-order valence-electron chi connectivity index (χ1n) is 10.5. The van der Waals surface area contributed by atoms with Gasteiger partial charge >= 0.3 is 0 Å². The monoisotopic (exact) mass is 490 g/mol. The molecule has 1 unspecified atom stereocenters. The predicted molar refractivity (Wildman–Crippen MR) is 120 cm³/mol. The largest absolute Gasteiger partial charge is 0.387 e. The van der Waals surface area contributed by atoms with Gasteiger partial charge < -0.3 is 14.9 Å². The lowest BCUT2D eigenvalue weighted by Gasteiger charge is -2.29. The molecule has 9 nitrogen and oxygen atoms in total. The molecule has 174 valence electrons. The predicted octanol–water partition coefficient (Wildman–Crippen LogP) is 2.74. The van der Waals surface area contributed by atoms with E-state index in [1.807, 2.05) is 0 Å². The Labute approximate surface area is 196 Å². The third kappa shape index (κ3) is 5.25. The van der Waals surface area contributed by atoms with Crippen LogP contribution in [0.1, 0.15) is 30.7 Å². The van der Waals surface area contributed by atoms with Gasteiger partial charge in [0.05, 0.1) is 4.90 Å². The van der Waals surface area contributed by atoms with Crippen LogP contribution in [0.5, 0.6) is 0 Å². The Kier molecular flexibility index (Phi) is 7.08. The van der Waals surface area contributed by atoms with Crippen molar-refractivity contribution in [2.75, 3.05) is 6.54 Å². The molecule has 1 aliphatic rings. The van der Waals surface area contributed by atoms with Crippen LogP contribution < -0.4 is 5.32 Å². The number of aromatic nitrogens is 2. The molecule has 1 fully saturated rings. The first kappa shape index (κ1) is 23.4. The van der Waals surface area contributed by atoms with Gasteiger partial charge in [-0.3, -0.25) is 4.79 Å². The van der Waals surface area contributed by atoms with Crippen LogP contribution in [-0.4, -0.2) is 46.5 Å². The maximum absolute atomic E-state index is 13.6. The molecule has 0 bridgehead atoms. The molecule has 0 saturated carbocycles. The van der Waals surface area contributed by atoms with E-state index in [-0.39, 0.29) is 29.8 Å². The van der Waals surface area contributed by atoms with Crippen molar-refractivity contribution in [1.29, 1.82) is 0 Å². The van der Waals surface area contributed by atoms with Gasteiger partial charge in [-0.1, -0.05) is 41.0 Å². The van der Waals surface area contributed by atoms with Gasteiger partial charge in [-0.25, -0.2) is 8.42 Å². The van der Waals surface area contributed by atoms with Crippen molar-refractivity contribution in [3.63, 3.8) is 0 Å². The zero-order valence-electron chi connectivity index (χ0n) is 17.6. The quantitative estimate of drug-likeness (QED) is 0.521. The number of carbonyl (C=O) groups is 1. The molecule has 0 spiro atoms. The average molecular weight is 491 g/mol. The van der Waals surface area contributed by atoms with Crippen molar-refractivity contribution in [3.8, 4) is 11.4 Å². The lowest BCUT2D eigenvalue weighted by molar-refractivity contribution is -0.124. The summed E-state index contributed by atoms with van der Waals surface area (Å²) in [6.45, 7) is 0.183. The molecule has 1 aliphatic heterocycles. The number of sulfonamides is 1. The topological polar surface area (TPSA) is 126 Å². The fraction of sp³-hybridized carbons (Fsp3) is 0.318. The molecule has 0 aliphatic carbocycles. The van der Waals surface area contributed by atoms with Crippen molar-refractivity contribution in [2.45, 2.75) is 43.4 Å². The van der Waals surface area contributed by atoms with Gasteiger partial charge in [0, 0.05) is 23.7 Å². The summed E-state index contributed by atoms with van der Waals surface area (Å²) in [6.07, 6.45) is 1.97. The van der Waals surface area contributed by atoms with Crippen LogP contribution in [0.25, 0.3) is 11.4 Å². The number of amides is 1. The molecule has 33 heavy (non-hydrogen) atoms. The molecular weight excluding hydrogens is 468 g/mol. The second-order valence-electron chi connectivity index (χ2n) is 7.67. The lowest BCUT2D eigenvalue weighted by Crippen LogP contribution is -2.48. The summed E-state index contributed by atoms with van der Waals surface area (Å²) in [5.74, 6) is 0.123. The number of hydrogen-bond donors (Lipinski definition) is 2. The number of nitrogens with zero attached hydrogens (tertiary/aromatic N) is 3. The van der Waals surface area contributed by atoms with E-state index in [4.69, 9.17) is 21.2 Å². The Hall–Kier alpha value is -2.79. The minimum Gasteiger partial charge on any atom is -0.387 e.